The molecule has 0 bridgehead atoms. The molecular weight excluding hydrogens is 366 g/mol. The first-order valence-corrected chi connectivity index (χ1v) is 10.5. The molecule has 7 nitrogen and oxygen atoms in total. The lowest BCUT2D eigenvalue weighted by Gasteiger charge is -2.39. The number of nitrogens with zero attached hydrogens (tertiary/aromatic N) is 1. The number of benzene rings is 1. The molecule has 2 aliphatic rings. The standard InChI is InChI=1S/C19H27N3O4S/c1-25-13-4-5-14(16(12-13)26-2)18(24)22-9-7-19(8-10-22)20-15(6-11-27-3)17(23)21-19/h4-5,12,15,20H,6-11H2,1-3H3,(H,21,23)/t15-/m0/s1. The Morgan fingerprint density at radius 2 is 2.04 bits per heavy atom. The van der Waals surface area contributed by atoms with E-state index >= 15 is 0 Å². The van der Waals surface area contributed by atoms with Crippen molar-refractivity contribution >= 4 is 23.6 Å². The molecule has 1 spiro atoms. The fourth-order valence-corrected chi connectivity index (χ4v) is 4.17. The molecule has 1 aromatic rings. The van der Waals surface area contributed by atoms with Crippen LogP contribution in [0.2, 0.25) is 0 Å². The van der Waals surface area contributed by atoms with Crippen LogP contribution in [-0.4, -0.2) is 67.7 Å². The summed E-state index contributed by atoms with van der Waals surface area (Å²) in [6.07, 6.45) is 4.25. The first-order chi connectivity index (χ1) is 13.0. The molecule has 148 valence electrons. The van der Waals surface area contributed by atoms with E-state index < -0.39 is 0 Å². The Balaban J connectivity index is 1.64. The van der Waals surface area contributed by atoms with Gasteiger partial charge in [0.25, 0.3) is 5.91 Å². The molecule has 8 heteroatoms. The van der Waals surface area contributed by atoms with Gasteiger partial charge in [0.15, 0.2) is 0 Å². The molecule has 0 radical (unpaired) electrons. The molecule has 2 N–H and O–H groups in total. The lowest BCUT2D eigenvalue weighted by molar-refractivity contribution is -0.121. The summed E-state index contributed by atoms with van der Waals surface area (Å²) < 4.78 is 10.6. The van der Waals surface area contributed by atoms with Gasteiger partial charge in [-0.05, 0) is 30.6 Å². The highest BCUT2D eigenvalue weighted by Crippen LogP contribution is 2.29. The molecule has 1 atom stereocenters. The van der Waals surface area contributed by atoms with Gasteiger partial charge in [-0.15, -0.1) is 0 Å². The van der Waals surface area contributed by atoms with Crippen LogP contribution < -0.4 is 20.1 Å². The normalized spacial score (nSPS) is 21.2. The summed E-state index contributed by atoms with van der Waals surface area (Å²) in [7, 11) is 3.12. The van der Waals surface area contributed by atoms with E-state index in [2.05, 4.69) is 10.6 Å². The van der Waals surface area contributed by atoms with Crippen LogP contribution in [0.25, 0.3) is 0 Å². The quantitative estimate of drug-likeness (QED) is 0.762. The topological polar surface area (TPSA) is 79.9 Å². The fraction of sp³-hybridized carbons (Fsp3) is 0.579. The van der Waals surface area contributed by atoms with Gasteiger partial charge in [-0.25, -0.2) is 0 Å². The Hall–Kier alpha value is -1.93. The summed E-state index contributed by atoms with van der Waals surface area (Å²) in [5.74, 6) is 2.11. The van der Waals surface area contributed by atoms with Gasteiger partial charge in [0.05, 0.1) is 31.5 Å². The second-order valence-corrected chi connectivity index (χ2v) is 7.89. The van der Waals surface area contributed by atoms with Gasteiger partial charge in [0.1, 0.15) is 11.5 Å². The highest BCUT2D eigenvalue weighted by molar-refractivity contribution is 7.98. The van der Waals surface area contributed by atoms with Crippen LogP contribution >= 0.6 is 11.8 Å². The second kappa shape index (κ2) is 8.39. The molecule has 1 aromatic carbocycles. The SMILES string of the molecule is COc1ccc(C(=O)N2CCC3(CC2)NC(=O)[C@H](CCSC)N3)c(OC)c1. The van der Waals surface area contributed by atoms with Crippen molar-refractivity contribution in [1.29, 1.82) is 0 Å². The minimum Gasteiger partial charge on any atom is -0.497 e. The molecular formula is C19H27N3O4S. The number of hydrogen-bond donors (Lipinski definition) is 2. The third-order valence-corrected chi connectivity index (χ3v) is 5.93. The number of ether oxygens (including phenoxy) is 2. The molecule has 0 unspecified atom stereocenters. The van der Waals surface area contributed by atoms with E-state index in [1.165, 1.54) is 0 Å². The molecule has 27 heavy (non-hydrogen) atoms. The minimum absolute atomic E-state index is 0.0624. The van der Waals surface area contributed by atoms with E-state index in [-0.39, 0.29) is 23.5 Å². The van der Waals surface area contributed by atoms with Gasteiger partial charge in [0.2, 0.25) is 5.91 Å². The van der Waals surface area contributed by atoms with E-state index in [0.717, 1.165) is 12.2 Å². The van der Waals surface area contributed by atoms with Crippen LogP contribution in [-0.2, 0) is 4.79 Å². The highest BCUT2D eigenvalue weighted by atomic mass is 32.2. The summed E-state index contributed by atoms with van der Waals surface area (Å²) in [4.78, 5) is 27.0. The zero-order valence-electron chi connectivity index (χ0n) is 16.0. The number of carbonyl (C=O) groups is 2. The summed E-state index contributed by atoms with van der Waals surface area (Å²) >= 11 is 1.74. The number of rotatable bonds is 6. The van der Waals surface area contributed by atoms with Gasteiger partial charge in [-0.3, -0.25) is 14.9 Å². The molecule has 3 rings (SSSR count). The average Bonchev–Trinajstić information content (AvgIpc) is 3.00. The van der Waals surface area contributed by atoms with E-state index in [4.69, 9.17) is 9.47 Å². The Morgan fingerprint density at radius 3 is 2.67 bits per heavy atom. The molecule has 2 saturated heterocycles. The number of methoxy groups -OCH3 is 2. The van der Waals surface area contributed by atoms with Crippen molar-refractivity contribution in [2.75, 3.05) is 39.3 Å². The smallest absolute Gasteiger partial charge is 0.257 e. The number of amides is 2. The van der Waals surface area contributed by atoms with Crippen LogP contribution in [0.1, 0.15) is 29.6 Å². The average molecular weight is 394 g/mol. The zero-order chi connectivity index (χ0) is 19.4. The van der Waals surface area contributed by atoms with Gasteiger partial charge < -0.3 is 19.7 Å². The van der Waals surface area contributed by atoms with Crippen molar-refractivity contribution in [2.24, 2.45) is 0 Å². The van der Waals surface area contributed by atoms with Crippen LogP contribution in [0.5, 0.6) is 11.5 Å². The van der Waals surface area contributed by atoms with Crippen LogP contribution in [0, 0.1) is 0 Å². The summed E-state index contributed by atoms with van der Waals surface area (Å²) in [6.45, 7) is 1.16. The number of hydrogen-bond acceptors (Lipinski definition) is 6. The third-order valence-electron chi connectivity index (χ3n) is 5.28. The Morgan fingerprint density at radius 1 is 1.30 bits per heavy atom. The molecule has 0 aromatic heterocycles. The van der Waals surface area contributed by atoms with Crippen molar-refractivity contribution in [1.82, 2.24) is 15.5 Å². The van der Waals surface area contributed by atoms with Crippen LogP contribution in [0.4, 0.5) is 0 Å². The van der Waals surface area contributed by atoms with E-state index in [1.807, 2.05) is 11.2 Å². The van der Waals surface area contributed by atoms with Crippen molar-refractivity contribution in [3.05, 3.63) is 23.8 Å². The van der Waals surface area contributed by atoms with Crippen LogP contribution in [0.15, 0.2) is 18.2 Å². The van der Waals surface area contributed by atoms with Crippen molar-refractivity contribution in [3.8, 4) is 11.5 Å². The molecule has 2 fully saturated rings. The zero-order valence-corrected chi connectivity index (χ0v) is 16.9. The summed E-state index contributed by atoms with van der Waals surface area (Å²) in [5.41, 5.74) is 0.136. The maximum Gasteiger partial charge on any atom is 0.257 e. The summed E-state index contributed by atoms with van der Waals surface area (Å²) in [5, 5.41) is 6.60. The molecule has 2 amide bonds. The largest absolute Gasteiger partial charge is 0.497 e. The fourth-order valence-electron chi connectivity index (χ4n) is 3.70. The maximum atomic E-state index is 12.9. The monoisotopic (exact) mass is 393 g/mol. The van der Waals surface area contributed by atoms with Gasteiger partial charge in [-0.1, -0.05) is 0 Å². The molecule has 0 aliphatic carbocycles. The lowest BCUT2D eigenvalue weighted by Crippen LogP contribution is -2.58. The van der Waals surface area contributed by atoms with Gasteiger partial charge in [-0.2, -0.15) is 11.8 Å². The minimum atomic E-state index is -0.388. The van der Waals surface area contributed by atoms with Crippen molar-refractivity contribution in [2.45, 2.75) is 31.0 Å². The third kappa shape index (κ3) is 4.16. The molecule has 2 aliphatic heterocycles. The van der Waals surface area contributed by atoms with Gasteiger partial charge in [0, 0.05) is 32.0 Å². The number of carbonyl (C=O) groups excluding carboxylic acids is 2. The Bertz CT molecular complexity index is 704. The Kier molecular flexibility index (Phi) is 6.16. The maximum absolute atomic E-state index is 12.9. The molecule has 0 saturated carbocycles. The van der Waals surface area contributed by atoms with Crippen LogP contribution in [0.3, 0.4) is 0 Å². The molecule has 2 heterocycles. The van der Waals surface area contributed by atoms with Crippen molar-refractivity contribution < 1.29 is 19.1 Å². The number of nitrogens with one attached hydrogen (secondary N) is 2. The lowest BCUT2D eigenvalue weighted by atomic mass is 9.97. The van der Waals surface area contributed by atoms with E-state index in [9.17, 15) is 9.59 Å². The van der Waals surface area contributed by atoms with Gasteiger partial charge >= 0.3 is 0 Å². The Labute approximate surface area is 164 Å². The first-order valence-electron chi connectivity index (χ1n) is 9.12. The second-order valence-electron chi connectivity index (χ2n) is 6.91. The highest BCUT2D eigenvalue weighted by Gasteiger charge is 2.45. The predicted molar refractivity (Wildman–Crippen MR) is 105 cm³/mol. The van der Waals surface area contributed by atoms with E-state index in [0.29, 0.717) is 43.0 Å². The number of thioether (sulfide) groups is 1. The van der Waals surface area contributed by atoms with Crippen molar-refractivity contribution in [3.63, 3.8) is 0 Å². The van der Waals surface area contributed by atoms with E-state index in [1.54, 1.807) is 44.2 Å². The number of piperidine rings is 1. The number of likely N-dealkylation sites (tertiary alicyclic amines) is 1. The summed E-state index contributed by atoms with van der Waals surface area (Å²) in [6, 6.07) is 5.07. The first kappa shape index (κ1) is 19.8. The predicted octanol–water partition coefficient (Wildman–Crippen LogP) is 1.48.